The summed E-state index contributed by atoms with van der Waals surface area (Å²) in [6, 6.07) is 26.3. The fraction of sp³-hybridized carbons (Fsp3) is 0.412. The maximum absolute atomic E-state index is 12.6. The Morgan fingerprint density at radius 1 is 0.829 bits per heavy atom. The molecule has 5 rings (SSSR count). The van der Waals surface area contributed by atoms with E-state index in [4.69, 9.17) is 4.74 Å². The monoisotopic (exact) mass is 554 g/mol. The van der Waals surface area contributed by atoms with Crippen molar-refractivity contribution in [2.24, 2.45) is 5.92 Å². The second-order valence-electron chi connectivity index (χ2n) is 11.2. The van der Waals surface area contributed by atoms with E-state index >= 15 is 0 Å². The third kappa shape index (κ3) is 9.44. The zero-order chi connectivity index (χ0) is 28.3. The predicted molar refractivity (Wildman–Crippen MR) is 164 cm³/mol. The Bertz CT molecular complexity index is 1250. The normalized spacial score (nSPS) is 15.8. The van der Waals surface area contributed by atoms with Crippen LogP contribution in [0.1, 0.15) is 43.2 Å². The Morgan fingerprint density at radius 3 is 2.29 bits per heavy atom. The molecule has 2 amide bonds. The van der Waals surface area contributed by atoms with Crippen LogP contribution in [0.2, 0.25) is 0 Å². The molecule has 1 aliphatic heterocycles. The molecule has 3 aromatic carbocycles. The molecule has 3 aromatic rings. The molecule has 0 atom stereocenters. The Hall–Kier alpha value is -3.68. The average molecular weight is 555 g/mol. The quantitative estimate of drug-likeness (QED) is 0.256. The number of amides is 2. The maximum Gasteiger partial charge on any atom is 0.411 e. The smallest absolute Gasteiger partial charge is 0.411 e. The van der Waals surface area contributed by atoms with Crippen molar-refractivity contribution in [2.45, 2.75) is 51.2 Å². The third-order valence-electron chi connectivity index (χ3n) is 7.93. The first kappa shape index (κ1) is 28.8. The number of nitrogens with one attached hydrogen (secondary N) is 3. The van der Waals surface area contributed by atoms with Gasteiger partial charge < -0.3 is 20.3 Å². The highest BCUT2D eigenvalue weighted by molar-refractivity contribution is 5.91. The van der Waals surface area contributed by atoms with E-state index in [0.29, 0.717) is 13.0 Å². The van der Waals surface area contributed by atoms with E-state index in [2.05, 4.69) is 45.1 Å². The molecule has 41 heavy (non-hydrogen) atoms. The number of rotatable bonds is 13. The molecule has 2 aliphatic rings. The van der Waals surface area contributed by atoms with Gasteiger partial charge in [-0.2, -0.15) is 0 Å². The van der Waals surface area contributed by atoms with E-state index in [-0.39, 0.29) is 12.0 Å². The van der Waals surface area contributed by atoms with Crippen molar-refractivity contribution in [3.8, 4) is 11.1 Å². The highest BCUT2D eigenvalue weighted by atomic mass is 16.6. The summed E-state index contributed by atoms with van der Waals surface area (Å²) in [6.07, 6.45) is 5.03. The molecule has 0 bridgehead atoms. The van der Waals surface area contributed by atoms with Crippen LogP contribution in [0.5, 0.6) is 0 Å². The molecule has 0 spiro atoms. The van der Waals surface area contributed by atoms with E-state index in [0.717, 1.165) is 74.7 Å². The van der Waals surface area contributed by atoms with Crippen LogP contribution in [-0.4, -0.2) is 55.7 Å². The number of aryl methyl sites for hydroxylation is 1. The van der Waals surface area contributed by atoms with Crippen LogP contribution in [-0.2, 0) is 22.5 Å². The first-order valence-corrected chi connectivity index (χ1v) is 15.0. The molecule has 1 saturated carbocycles. The molecular weight excluding hydrogens is 512 g/mol. The number of nitrogens with zero attached hydrogens (tertiary/aromatic N) is 1. The molecule has 1 saturated heterocycles. The number of carbonyl (C=O) groups excluding carboxylic acids is 2. The maximum atomic E-state index is 12.6. The number of anilines is 1. The zero-order valence-electron chi connectivity index (χ0n) is 23.8. The molecular formula is C34H42N4O3. The lowest BCUT2D eigenvalue weighted by atomic mass is 10.0. The van der Waals surface area contributed by atoms with Gasteiger partial charge in [0.1, 0.15) is 6.10 Å². The number of carbonyl (C=O) groups is 2. The van der Waals surface area contributed by atoms with Gasteiger partial charge in [-0.1, -0.05) is 72.8 Å². The minimum atomic E-state index is -0.418. The van der Waals surface area contributed by atoms with Crippen LogP contribution < -0.4 is 16.0 Å². The van der Waals surface area contributed by atoms with Gasteiger partial charge in [0.05, 0.1) is 5.69 Å². The second-order valence-corrected chi connectivity index (χ2v) is 11.2. The standard InChI is InChI=1S/C34H42N4O3/c39-33(17-16-26-10-12-27(13-11-26)24-35-25-28-14-15-28)36-20-23-38-21-18-30(19-22-38)41-34(40)37-32-9-5-4-8-31(32)29-6-2-1-3-7-29/h1-13,28,30,35H,14-25H2,(H,36,39)(H,37,40). The molecule has 0 radical (unpaired) electrons. The van der Waals surface area contributed by atoms with Crippen LogP contribution in [0.3, 0.4) is 0 Å². The molecule has 3 N–H and O–H groups in total. The van der Waals surface area contributed by atoms with Gasteiger partial charge in [0.2, 0.25) is 5.91 Å². The predicted octanol–water partition coefficient (Wildman–Crippen LogP) is 5.62. The Morgan fingerprint density at radius 2 is 1.54 bits per heavy atom. The van der Waals surface area contributed by atoms with Crippen molar-refractivity contribution in [3.05, 3.63) is 90.0 Å². The number of benzene rings is 3. The molecule has 7 nitrogen and oxygen atoms in total. The number of hydrogen-bond donors (Lipinski definition) is 3. The van der Waals surface area contributed by atoms with Gasteiger partial charge in [0, 0.05) is 44.7 Å². The fourth-order valence-electron chi connectivity index (χ4n) is 5.27. The van der Waals surface area contributed by atoms with Crippen LogP contribution in [0.25, 0.3) is 11.1 Å². The highest BCUT2D eigenvalue weighted by Crippen LogP contribution is 2.28. The first-order valence-electron chi connectivity index (χ1n) is 15.0. The van der Waals surface area contributed by atoms with Gasteiger partial charge in [-0.25, -0.2) is 4.79 Å². The SMILES string of the molecule is O=C(CCc1ccc(CNCC2CC2)cc1)NCCN1CCC(OC(=O)Nc2ccccc2-c2ccccc2)CC1. The van der Waals surface area contributed by atoms with Crippen LogP contribution in [0.4, 0.5) is 10.5 Å². The van der Waals surface area contributed by atoms with Gasteiger partial charge in [-0.15, -0.1) is 0 Å². The molecule has 1 aliphatic carbocycles. The topological polar surface area (TPSA) is 82.7 Å². The second kappa shape index (κ2) is 14.8. The van der Waals surface area contributed by atoms with Gasteiger partial charge >= 0.3 is 6.09 Å². The summed E-state index contributed by atoms with van der Waals surface area (Å²) in [4.78, 5) is 27.3. The van der Waals surface area contributed by atoms with Crippen molar-refractivity contribution in [3.63, 3.8) is 0 Å². The lowest BCUT2D eigenvalue weighted by Crippen LogP contribution is -2.42. The van der Waals surface area contributed by atoms with Gasteiger partial charge in [-0.05, 0) is 67.3 Å². The minimum Gasteiger partial charge on any atom is -0.446 e. The van der Waals surface area contributed by atoms with Gasteiger partial charge in [-0.3, -0.25) is 10.1 Å². The Balaban J connectivity index is 0.944. The molecule has 7 heteroatoms. The van der Waals surface area contributed by atoms with E-state index in [1.165, 1.54) is 24.0 Å². The fourth-order valence-corrected chi connectivity index (χ4v) is 5.27. The van der Waals surface area contributed by atoms with Crippen molar-refractivity contribution in [1.82, 2.24) is 15.5 Å². The summed E-state index contributed by atoms with van der Waals surface area (Å²) < 4.78 is 5.74. The van der Waals surface area contributed by atoms with Crippen LogP contribution in [0.15, 0.2) is 78.9 Å². The van der Waals surface area contributed by atoms with Crippen LogP contribution >= 0.6 is 0 Å². The lowest BCUT2D eigenvalue weighted by molar-refractivity contribution is -0.121. The van der Waals surface area contributed by atoms with Crippen molar-refractivity contribution in [2.75, 3.05) is 38.0 Å². The number of para-hydroxylation sites is 1. The average Bonchev–Trinajstić information content (AvgIpc) is 3.83. The molecule has 1 heterocycles. The van der Waals surface area contributed by atoms with Crippen molar-refractivity contribution >= 4 is 17.7 Å². The first-order chi connectivity index (χ1) is 20.1. The van der Waals surface area contributed by atoms with Crippen molar-refractivity contribution < 1.29 is 14.3 Å². The van der Waals surface area contributed by atoms with E-state index in [1.807, 2.05) is 54.6 Å². The number of hydrogen-bond acceptors (Lipinski definition) is 5. The van der Waals surface area contributed by atoms with Crippen molar-refractivity contribution in [1.29, 1.82) is 0 Å². The molecule has 0 aromatic heterocycles. The van der Waals surface area contributed by atoms with Gasteiger partial charge in [0.25, 0.3) is 0 Å². The van der Waals surface area contributed by atoms with Crippen LogP contribution in [0, 0.1) is 5.92 Å². The summed E-state index contributed by atoms with van der Waals surface area (Å²) in [5.74, 6) is 0.979. The summed E-state index contributed by atoms with van der Waals surface area (Å²) in [6.45, 7) is 5.16. The third-order valence-corrected chi connectivity index (χ3v) is 7.93. The Kier molecular flexibility index (Phi) is 10.4. The summed E-state index contributed by atoms with van der Waals surface area (Å²) in [5.41, 5.74) is 5.24. The number of likely N-dealkylation sites (tertiary alicyclic amines) is 1. The van der Waals surface area contributed by atoms with E-state index in [1.54, 1.807) is 0 Å². The zero-order valence-corrected chi connectivity index (χ0v) is 23.8. The number of piperidine rings is 1. The molecule has 216 valence electrons. The summed E-state index contributed by atoms with van der Waals surface area (Å²) >= 11 is 0. The lowest BCUT2D eigenvalue weighted by Gasteiger charge is -2.31. The number of ether oxygens (including phenoxy) is 1. The minimum absolute atomic E-state index is 0.0888. The summed E-state index contributed by atoms with van der Waals surface area (Å²) in [5, 5.41) is 9.51. The Labute approximate surface area is 243 Å². The molecule has 2 fully saturated rings. The largest absolute Gasteiger partial charge is 0.446 e. The summed E-state index contributed by atoms with van der Waals surface area (Å²) in [7, 11) is 0. The van der Waals surface area contributed by atoms with E-state index < -0.39 is 6.09 Å². The van der Waals surface area contributed by atoms with Gasteiger partial charge in [0.15, 0.2) is 0 Å². The highest BCUT2D eigenvalue weighted by Gasteiger charge is 2.23. The molecule has 0 unspecified atom stereocenters. The van der Waals surface area contributed by atoms with E-state index in [9.17, 15) is 9.59 Å².